The van der Waals surface area contributed by atoms with E-state index in [4.69, 9.17) is 11.6 Å². The molecule has 0 saturated heterocycles. The maximum absolute atomic E-state index is 11.9. The van der Waals surface area contributed by atoms with E-state index in [2.05, 4.69) is 53.8 Å². The predicted octanol–water partition coefficient (Wildman–Crippen LogP) is 6.03. The highest BCUT2D eigenvalue weighted by atomic mass is 35.5. The van der Waals surface area contributed by atoms with Gasteiger partial charge in [-0.15, -0.1) is 11.8 Å². The Morgan fingerprint density at radius 1 is 0.697 bits per heavy atom. The summed E-state index contributed by atoms with van der Waals surface area (Å²) in [5, 5.41) is 6.44. The first kappa shape index (κ1) is 23.3. The average molecular weight is 489 g/mol. The summed E-state index contributed by atoms with van der Waals surface area (Å²) in [6.45, 7) is 0. The van der Waals surface area contributed by atoms with Gasteiger partial charge in [-0.2, -0.15) is 0 Å². The van der Waals surface area contributed by atoms with Gasteiger partial charge in [0.1, 0.15) is 20.3 Å². The molecule has 0 spiro atoms. The molecule has 4 rings (SSSR count). The Bertz CT molecular complexity index is 1110. The summed E-state index contributed by atoms with van der Waals surface area (Å²) in [5.41, 5.74) is 1.93. The first-order valence-electron chi connectivity index (χ1n) is 10.6. The molecule has 4 aromatic rings. The Hall–Kier alpha value is -2.84. The second kappa shape index (κ2) is 11.3. The molecular weight excluding hydrogens is 465 g/mol. The molecule has 2 nitrogen and oxygen atoms in total. The number of carbonyl (C=O) groups excluding carboxylic acids is 1. The molecular formula is C28H24ClNOPS+. The summed E-state index contributed by atoms with van der Waals surface area (Å²) in [7, 11) is -2.47. The lowest BCUT2D eigenvalue weighted by Gasteiger charge is -2.29. The summed E-state index contributed by atoms with van der Waals surface area (Å²) in [5.74, 6) is 0.710. The topological polar surface area (TPSA) is 29.1 Å². The van der Waals surface area contributed by atoms with Crippen molar-refractivity contribution in [3.8, 4) is 0 Å². The van der Waals surface area contributed by atoms with E-state index in [-0.39, 0.29) is 0 Å². The highest BCUT2D eigenvalue weighted by Crippen LogP contribution is 2.63. The fourth-order valence-corrected chi connectivity index (χ4v) is 9.84. The maximum atomic E-state index is 11.9. The van der Waals surface area contributed by atoms with E-state index in [1.807, 2.05) is 72.8 Å². The quantitative estimate of drug-likeness (QED) is 0.230. The summed E-state index contributed by atoms with van der Waals surface area (Å²) in [6, 6.07) is 41.3. The van der Waals surface area contributed by atoms with E-state index in [1.54, 1.807) is 0 Å². The fourth-order valence-electron chi connectivity index (χ4n) is 3.92. The Morgan fingerprint density at radius 3 is 1.48 bits per heavy atom. The second-order valence-corrected chi connectivity index (χ2v) is 12.3. The highest BCUT2D eigenvalue weighted by Gasteiger charge is 2.51. The van der Waals surface area contributed by atoms with Gasteiger partial charge in [0, 0.05) is 5.75 Å². The van der Waals surface area contributed by atoms with Crippen molar-refractivity contribution in [1.82, 2.24) is 5.32 Å². The molecule has 0 atom stereocenters. The predicted molar refractivity (Wildman–Crippen MR) is 145 cm³/mol. The van der Waals surface area contributed by atoms with Crippen LogP contribution in [0, 0.1) is 0 Å². The zero-order chi connectivity index (χ0) is 22.9. The van der Waals surface area contributed by atoms with E-state index in [9.17, 15) is 4.79 Å². The van der Waals surface area contributed by atoms with Crippen molar-refractivity contribution in [2.75, 3.05) is 0 Å². The molecule has 1 N–H and O–H groups in total. The van der Waals surface area contributed by atoms with Gasteiger partial charge in [0.05, 0.1) is 0 Å². The Morgan fingerprint density at radius 2 is 1.09 bits per heavy atom. The van der Waals surface area contributed by atoms with E-state index in [0.717, 1.165) is 27.8 Å². The van der Waals surface area contributed by atoms with Gasteiger partial charge in [0.2, 0.25) is 11.8 Å². The van der Waals surface area contributed by atoms with Gasteiger partial charge in [0.25, 0.3) is 0 Å². The standard InChI is InChI=1S/C28H23ClNOPS/c29-27(33-21-23-13-5-1-6-14-23)28(30-22-31)32(24-15-7-2-8-16-24,25-17-9-3-10-18-25)26-19-11-4-12-20-26/h1-20,22H,21H2/p+1/b28-27+. The average Bonchev–Trinajstić information content (AvgIpc) is 2.90. The smallest absolute Gasteiger partial charge is 0.214 e. The number of nitrogens with one attached hydrogen (secondary N) is 1. The van der Waals surface area contributed by atoms with Crippen LogP contribution in [0.4, 0.5) is 0 Å². The third kappa shape index (κ3) is 5.07. The number of rotatable bonds is 9. The third-order valence-corrected chi connectivity index (χ3v) is 11.3. The van der Waals surface area contributed by atoms with Crippen LogP contribution in [0.2, 0.25) is 0 Å². The number of carbonyl (C=O) groups is 1. The molecule has 0 aliphatic heterocycles. The Kier molecular flexibility index (Phi) is 8.01. The fraction of sp³-hybridized carbons (Fsp3) is 0.0357. The molecule has 0 heterocycles. The minimum Gasteiger partial charge on any atom is -0.297 e. The third-order valence-electron chi connectivity index (χ3n) is 5.36. The van der Waals surface area contributed by atoms with Crippen LogP contribution in [-0.2, 0) is 10.5 Å². The summed E-state index contributed by atoms with van der Waals surface area (Å²) >= 11 is 8.60. The van der Waals surface area contributed by atoms with Gasteiger partial charge in [0.15, 0.2) is 7.26 Å². The number of halogens is 1. The number of thioether (sulfide) groups is 1. The van der Waals surface area contributed by atoms with Crippen LogP contribution < -0.4 is 21.2 Å². The summed E-state index contributed by atoms with van der Waals surface area (Å²) in [6.07, 6.45) is 0.740. The molecule has 0 aliphatic rings. The lowest BCUT2D eigenvalue weighted by Crippen LogP contribution is -2.36. The van der Waals surface area contributed by atoms with Crippen molar-refractivity contribution >= 4 is 52.9 Å². The molecule has 0 radical (unpaired) electrons. The van der Waals surface area contributed by atoms with Crippen molar-refractivity contribution in [3.63, 3.8) is 0 Å². The van der Waals surface area contributed by atoms with Crippen molar-refractivity contribution in [2.24, 2.45) is 0 Å². The maximum Gasteiger partial charge on any atom is 0.214 e. The molecule has 4 aromatic carbocycles. The lowest BCUT2D eigenvalue weighted by atomic mass is 10.2. The first-order valence-corrected chi connectivity index (χ1v) is 13.7. The Labute approximate surface area is 205 Å². The van der Waals surface area contributed by atoms with Crippen molar-refractivity contribution in [2.45, 2.75) is 5.75 Å². The molecule has 0 aromatic heterocycles. The van der Waals surface area contributed by atoms with E-state index in [0.29, 0.717) is 10.1 Å². The molecule has 0 bridgehead atoms. The zero-order valence-corrected chi connectivity index (χ0v) is 20.4. The number of amides is 1. The van der Waals surface area contributed by atoms with Gasteiger partial charge in [-0.25, -0.2) is 0 Å². The van der Waals surface area contributed by atoms with Crippen molar-refractivity contribution in [1.29, 1.82) is 0 Å². The van der Waals surface area contributed by atoms with Gasteiger partial charge < -0.3 is 0 Å². The van der Waals surface area contributed by atoms with E-state index < -0.39 is 7.26 Å². The van der Waals surface area contributed by atoms with E-state index in [1.165, 1.54) is 17.3 Å². The minimum absolute atomic E-state index is 0.593. The second-order valence-electron chi connectivity index (χ2n) is 7.34. The van der Waals surface area contributed by atoms with Gasteiger partial charge in [-0.3, -0.25) is 10.1 Å². The van der Waals surface area contributed by atoms with Crippen LogP contribution >= 0.6 is 30.6 Å². The molecule has 0 fully saturated rings. The van der Waals surface area contributed by atoms with E-state index >= 15 is 0 Å². The molecule has 5 heteroatoms. The number of benzene rings is 4. The van der Waals surface area contributed by atoms with Crippen LogP contribution in [0.1, 0.15) is 5.56 Å². The lowest BCUT2D eigenvalue weighted by molar-refractivity contribution is -0.108. The molecule has 1 amide bonds. The Balaban J connectivity index is 1.98. The molecule has 0 unspecified atom stereocenters. The molecule has 164 valence electrons. The number of hydrogen-bond acceptors (Lipinski definition) is 2. The first-order chi connectivity index (χ1) is 16.3. The van der Waals surface area contributed by atoms with Crippen LogP contribution in [0.3, 0.4) is 0 Å². The van der Waals surface area contributed by atoms with Gasteiger partial charge >= 0.3 is 0 Å². The van der Waals surface area contributed by atoms with Crippen LogP contribution in [0.15, 0.2) is 131 Å². The monoisotopic (exact) mass is 488 g/mol. The van der Waals surface area contributed by atoms with Crippen molar-refractivity contribution in [3.05, 3.63) is 137 Å². The SMILES string of the molecule is O=CN/C(=C(/Cl)SCc1ccccc1)[P+](c1ccccc1)(c1ccccc1)c1ccccc1. The number of hydrogen-bond donors (Lipinski definition) is 1. The molecule has 0 saturated carbocycles. The van der Waals surface area contributed by atoms with Crippen LogP contribution in [0.5, 0.6) is 0 Å². The van der Waals surface area contributed by atoms with Gasteiger partial charge in [-0.05, 0) is 42.0 Å². The normalized spacial score (nSPS) is 12.0. The van der Waals surface area contributed by atoms with Crippen molar-refractivity contribution < 1.29 is 4.79 Å². The largest absolute Gasteiger partial charge is 0.297 e. The van der Waals surface area contributed by atoms with Gasteiger partial charge in [-0.1, -0.05) is 96.5 Å². The minimum atomic E-state index is -2.47. The zero-order valence-electron chi connectivity index (χ0n) is 18.0. The summed E-state index contributed by atoms with van der Waals surface area (Å²) in [4.78, 5) is 11.9. The summed E-state index contributed by atoms with van der Waals surface area (Å²) < 4.78 is 0.593. The molecule has 0 aliphatic carbocycles. The highest BCUT2D eigenvalue weighted by molar-refractivity contribution is 8.05. The van der Waals surface area contributed by atoms with Crippen LogP contribution in [0.25, 0.3) is 0 Å². The molecule has 33 heavy (non-hydrogen) atoms. The van der Waals surface area contributed by atoms with Crippen LogP contribution in [-0.4, -0.2) is 6.41 Å².